The van der Waals surface area contributed by atoms with Crippen LogP contribution in [0, 0.1) is 0 Å². The molecule has 0 saturated carbocycles. The van der Waals surface area contributed by atoms with Crippen LogP contribution in [0.5, 0.6) is 0 Å². The van der Waals surface area contributed by atoms with Gasteiger partial charge in [0.2, 0.25) is 0 Å². The maximum atomic E-state index is 2.51. The molecule has 13 aromatic rings. The summed E-state index contributed by atoms with van der Waals surface area (Å²) < 4.78 is 0. The highest BCUT2D eigenvalue weighted by molar-refractivity contribution is 6.26. The lowest BCUT2D eigenvalue weighted by molar-refractivity contribution is 0.660. The summed E-state index contributed by atoms with van der Waals surface area (Å²) in [6, 6.07) is 95.8. The Hall–Kier alpha value is -9.76. The van der Waals surface area contributed by atoms with E-state index in [2.05, 4.69) is 304 Å². The Labute approximate surface area is 480 Å². The lowest BCUT2D eigenvalue weighted by Gasteiger charge is -2.30. The molecule has 0 aliphatic heterocycles. The summed E-state index contributed by atoms with van der Waals surface area (Å²) in [5.74, 6) is 0. The van der Waals surface area contributed by atoms with Crippen LogP contribution in [0.3, 0.4) is 0 Å². The van der Waals surface area contributed by atoms with Crippen molar-refractivity contribution in [1.82, 2.24) is 0 Å². The smallest absolute Gasteiger partial charge is 0.0540 e. The normalized spacial score (nSPS) is 14.1. The monoisotopic (exact) mass is 1050 g/mol. The van der Waals surface area contributed by atoms with Gasteiger partial charge in [-0.25, -0.2) is 0 Å². The lowest BCUT2D eigenvalue weighted by Crippen LogP contribution is -2.17. The molecular weight excluding hydrogens is 989 g/mol. The molecule has 0 aromatic heterocycles. The predicted octanol–water partition coefficient (Wildman–Crippen LogP) is 22.1. The number of fused-ring (bicyclic) bond motifs is 13. The molecule has 0 unspecified atom stereocenters. The highest BCUT2D eigenvalue weighted by Crippen LogP contribution is 2.55. The van der Waals surface area contributed by atoms with Gasteiger partial charge >= 0.3 is 0 Å². The highest BCUT2D eigenvalue weighted by Gasteiger charge is 2.38. The molecule has 3 aliphatic carbocycles. The van der Waals surface area contributed by atoms with Crippen molar-refractivity contribution in [3.63, 3.8) is 0 Å². The van der Waals surface area contributed by atoms with Gasteiger partial charge in [0.25, 0.3) is 0 Å². The summed E-state index contributed by atoms with van der Waals surface area (Å²) in [4.78, 5) is 4.91. The lowest BCUT2D eigenvalue weighted by atomic mass is 9.80. The van der Waals surface area contributed by atoms with E-state index >= 15 is 0 Å². The van der Waals surface area contributed by atoms with Gasteiger partial charge in [-0.1, -0.05) is 210 Å². The molecule has 0 bridgehead atoms. The zero-order valence-electron chi connectivity index (χ0n) is 46.7. The van der Waals surface area contributed by atoms with Crippen molar-refractivity contribution in [2.75, 3.05) is 9.80 Å². The van der Waals surface area contributed by atoms with E-state index < -0.39 is 0 Å². The fourth-order valence-electron chi connectivity index (χ4n) is 14.6. The number of benzene rings is 13. The number of anilines is 6. The van der Waals surface area contributed by atoms with Gasteiger partial charge in [0.1, 0.15) is 0 Å². The van der Waals surface area contributed by atoms with Gasteiger partial charge in [-0.3, -0.25) is 0 Å². The number of nitrogens with zero attached hydrogens (tertiary/aromatic N) is 2. The molecule has 82 heavy (non-hydrogen) atoms. The summed E-state index contributed by atoms with van der Waals surface area (Å²) in [5, 5.41) is 10.1. The zero-order valence-corrected chi connectivity index (χ0v) is 46.7. The number of para-hydroxylation sites is 2. The van der Waals surface area contributed by atoms with Crippen LogP contribution in [0.25, 0.3) is 93.7 Å². The van der Waals surface area contributed by atoms with Crippen LogP contribution < -0.4 is 9.80 Å². The molecule has 0 saturated heterocycles. The van der Waals surface area contributed by atoms with Crippen LogP contribution in [0.4, 0.5) is 34.1 Å². The van der Waals surface area contributed by atoms with Gasteiger partial charge < -0.3 is 9.80 Å². The number of hydrogen-bond donors (Lipinski definition) is 0. The minimum absolute atomic E-state index is 0.242. The van der Waals surface area contributed by atoms with Crippen molar-refractivity contribution >= 4 is 83.3 Å². The van der Waals surface area contributed by atoms with E-state index in [9.17, 15) is 0 Å². The first kappa shape index (κ1) is 48.2. The Balaban J connectivity index is 0.796. The number of rotatable bonds is 8. The van der Waals surface area contributed by atoms with Crippen molar-refractivity contribution in [1.29, 1.82) is 0 Å². The Morgan fingerprint density at radius 2 is 0.756 bits per heavy atom. The number of hydrogen-bond acceptors (Lipinski definition) is 2. The molecule has 2 heteroatoms. The molecule has 390 valence electrons. The zero-order chi connectivity index (χ0) is 54.8. The molecule has 0 spiro atoms. The Bertz CT molecular complexity index is 4800. The van der Waals surface area contributed by atoms with E-state index in [4.69, 9.17) is 0 Å². The molecule has 16 rings (SSSR count). The van der Waals surface area contributed by atoms with E-state index in [1.807, 2.05) is 0 Å². The summed E-state index contributed by atoms with van der Waals surface area (Å²) >= 11 is 0. The van der Waals surface area contributed by atoms with Gasteiger partial charge in [-0.2, -0.15) is 0 Å². The van der Waals surface area contributed by atoms with Gasteiger partial charge in [0, 0.05) is 44.7 Å². The van der Waals surface area contributed by atoms with Crippen molar-refractivity contribution in [3.8, 4) is 44.5 Å². The molecule has 0 amide bonds. The van der Waals surface area contributed by atoms with Crippen LogP contribution in [-0.2, 0) is 17.3 Å². The highest BCUT2D eigenvalue weighted by atomic mass is 15.1. The van der Waals surface area contributed by atoms with Gasteiger partial charge in [-0.15, -0.1) is 0 Å². The van der Waals surface area contributed by atoms with E-state index in [0.29, 0.717) is 0 Å². The molecule has 0 atom stereocenters. The van der Waals surface area contributed by atoms with E-state index in [1.54, 1.807) is 0 Å². The second-order valence-corrected chi connectivity index (χ2v) is 23.9. The number of allylic oxidation sites excluding steroid dienone is 1. The SMILES string of the molecule is CC1(C)c2cc(-c3cc4cc(-c5ccc6c(c5)C(C)(C)c5cc(N(c7ccccc7)c7cccc8ccccc78)ccc5-6)c5ccccc5c4c4ccccc34)ccc2-c2ccc(N(c3ccccc3)c3cccc4c3CCC=C4)cc21. The third-order valence-corrected chi connectivity index (χ3v) is 18.6. The van der Waals surface area contributed by atoms with Crippen molar-refractivity contribution in [2.45, 2.75) is 51.4 Å². The maximum absolute atomic E-state index is 2.51. The van der Waals surface area contributed by atoms with Crippen LogP contribution >= 0.6 is 0 Å². The average molecular weight is 1050 g/mol. The fraction of sp³-hybridized carbons (Fsp3) is 0.100. The van der Waals surface area contributed by atoms with Crippen LogP contribution in [0.1, 0.15) is 67.5 Å². The minimum Gasteiger partial charge on any atom is -0.310 e. The van der Waals surface area contributed by atoms with Crippen molar-refractivity contribution in [3.05, 3.63) is 294 Å². The summed E-state index contributed by atoms with van der Waals surface area (Å²) in [7, 11) is 0. The first-order chi connectivity index (χ1) is 40.2. The van der Waals surface area contributed by atoms with Crippen LogP contribution in [0.2, 0.25) is 0 Å². The molecule has 13 aromatic carbocycles. The summed E-state index contributed by atoms with van der Waals surface area (Å²) in [5.41, 5.74) is 25.0. The third kappa shape index (κ3) is 7.34. The van der Waals surface area contributed by atoms with E-state index in [1.165, 1.54) is 144 Å². The molecule has 0 N–H and O–H groups in total. The molecule has 3 aliphatic rings. The standard InChI is InChI=1S/C80H60N2/c1-79(2)72-47-53(37-41-64(72)66-43-39-58(49-74(66)79)81(56-25-7-5-8-26-56)76-35-19-23-51-21-11-13-29-60(51)76)70-45-55-46-71(63-32-16-18-34-69(63)78(55)68-33-17-15-31-62(68)70)54-38-42-65-67-44-40-59(50-75(67)80(3,4)73(65)48-54)82(57-27-9-6-10-28-57)77-36-20-24-52-22-12-14-30-61(52)77/h5-13,15-29,31-50H,14,30H2,1-4H3. The quantitative estimate of drug-likeness (QED) is 0.140. The minimum atomic E-state index is -0.253. The van der Waals surface area contributed by atoms with Crippen molar-refractivity contribution in [2.24, 2.45) is 0 Å². The van der Waals surface area contributed by atoms with Gasteiger partial charge in [0.15, 0.2) is 0 Å². The molecule has 0 heterocycles. The Kier molecular flexibility index (Phi) is 10.8. The largest absolute Gasteiger partial charge is 0.310 e. The van der Waals surface area contributed by atoms with E-state index in [-0.39, 0.29) is 10.8 Å². The first-order valence-electron chi connectivity index (χ1n) is 29.1. The van der Waals surface area contributed by atoms with Gasteiger partial charge in [-0.05, 0) is 213 Å². The summed E-state index contributed by atoms with van der Waals surface area (Å²) in [6.45, 7) is 9.67. The first-order valence-corrected chi connectivity index (χ1v) is 29.1. The van der Waals surface area contributed by atoms with Crippen LogP contribution in [0.15, 0.2) is 261 Å². The van der Waals surface area contributed by atoms with Crippen molar-refractivity contribution < 1.29 is 0 Å². The third-order valence-electron chi connectivity index (χ3n) is 18.6. The van der Waals surface area contributed by atoms with Gasteiger partial charge in [0.05, 0.1) is 5.69 Å². The average Bonchev–Trinajstić information content (AvgIpc) is 3.25. The Morgan fingerprint density at radius 1 is 0.317 bits per heavy atom. The van der Waals surface area contributed by atoms with E-state index in [0.717, 1.165) is 24.2 Å². The molecule has 0 radical (unpaired) electrons. The molecule has 2 nitrogen and oxygen atoms in total. The second kappa shape index (κ2) is 18.4. The Morgan fingerprint density at radius 3 is 1.32 bits per heavy atom. The molecule has 0 fully saturated rings. The fourth-order valence-corrected chi connectivity index (χ4v) is 14.6. The maximum Gasteiger partial charge on any atom is 0.0540 e. The molecular formula is C80H60N2. The summed E-state index contributed by atoms with van der Waals surface area (Å²) in [6.07, 6.45) is 6.68. The van der Waals surface area contributed by atoms with Crippen LogP contribution in [-0.4, -0.2) is 0 Å². The predicted molar refractivity (Wildman–Crippen MR) is 349 cm³/mol. The topological polar surface area (TPSA) is 6.48 Å². The second-order valence-electron chi connectivity index (χ2n) is 23.9.